The lowest BCUT2D eigenvalue weighted by molar-refractivity contribution is -0.166. The van der Waals surface area contributed by atoms with Crippen LogP contribution in [0.5, 0.6) is 11.5 Å². The predicted molar refractivity (Wildman–Crippen MR) is 187 cm³/mol. The van der Waals surface area contributed by atoms with Gasteiger partial charge in [0.2, 0.25) is 5.91 Å². The molecule has 0 radical (unpaired) electrons. The predicted octanol–water partition coefficient (Wildman–Crippen LogP) is 4.46. The van der Waals surface area contributed by atoms with Gasteiger partial charge < -0.3 is 39.2 Å². The molecule has 3 N–H and O–H groups in total. The molecule has 1 aromatic heterocycles. The minimum absolute atomic E-state index is 0.0415. The summed E-state index contributed by atoms with van der Waals surface area (Å²) in [6.45, 7) is 3.21. The summed E-state index contributed by atoms with van der Waals surface area (Å²) < 4.78 is 31.3. The van der Waals surface area contributed by atoms with Crippen molar-refractivity contribution in [2.75, 3.05) is 26.1 Å². The second-order valence-corrected chi connectivity index (χ2v) is 12.4. The zero-order chi connectivity index (χ0) is 37.4. The van der Waals surface area contributed by atoms with Gasteiger partial charge in [-0.1, -0.05) is 68.4 Å². The van der Waals surface area contributed by atoms with Gasteiger partial charge in [0.1, 0.15) is 35.2 Å². The lowest BCUT2D eigenvalue weighted by Gasteiger charge is -2.37. The van der Waals surface area contributed by atoms with Crippen molar-refractivity contribution in [3.8, 4) is 11.5 Å². The van der Waals surface area contributed by atoms with E-state index in [1.165, 1.54) is 16.8 Å². The number of nitrogens with zero attached hydrogens (tertiary/aromatic N) is 2. The lowest BCUT2D eigenvalue weighted by Crippen LogP contribution is -2.41. The Bertz CT molecular complexity index is 1850. The Hall–Kier alpha value is -5.57. The van der Waals surface area contributed by atoms with E-state index in [0.717, 1.165) is 16.7 Å². The smallest absolute Gasteiger partial charge is 0.351 e. The molecule has 274 valence electrons. The van der Waals surface area contributed by atoms with Crippen LogP contribution >= 0.6 is 0 Å². The number of carbonyl (C=O) groups excluding carboxylic acids is 1. The fourth-order valence-corrected chi connectivity index (χ4v) is 5.98. The Morgan fingerprint density at radius 2 is 1.48 bits per heavy atom. The third kappa shape index (κ3) is 8.48. The van der Waals surface area contributed by atoms with E-state index >= 15 is 0 Å². The first kappa shape index (κ1) is 37.7. The Labute approximate surface area is 299 Å². The summed E-state index contributed by atoms with van der Waals surface area (Å²) in [7, 11) is 3.14. The molecule has 0 aliphatic carbocycles. The highest BCUT2D eigenvalue weighted by Gasteiger charge is 2.44. The van der Waals surface area contributed by atoms with E-state index in [-0.39, 0.29) is 30.7 Å². The van der Waals surface area contributed by atoms with Crippen LogP contribution in [0.25, 0.3) is 0 Å². The molecule has 3 aromatic carbocycles. The molecule has 1 aliphatic rings. The van der Waals surface area contributed by atoms with Crippen LogP contribution < -0.4 is 20.5 Å². The molecule has 52 heavy (non-hydrogen) atoms. The number of nitrogens with one attached hydrogen (secondary N) is 1. The van der Waals surface area contributed by atoms with Crippen molar-refractivity contribution in [2.24, 2.45) is 5.92 Å². The van der Waals surface area contributed by atoms with Crippen molar-refractivity contribution >= 4 is 23.7 Å². The van der Waals surface area contributed by atoms with Gasteiger partial charge in [0.25, 0.3) is 0 Å². The molecule has 5 rings (SSSR count). The number of carboxylic acid groups (broad SMARTS) is 2. The molecule has 0 spiro atoms. The number of carboxylic acids is 2. The Morgan fingerprint density at radius 1 is 0.904 bits per heavy atom. The average molecular weight is 716 g/mol. The fourth-order valence-electron chi connectivity index (χ4n) is 5.98. The number of aliphatic carboxylic acids is 2. The number of carbonyl (C=O) groups is 3. The van der Waals surface area contributed by atoms with Crippen molar-refractivity contribution < 1.29 is 48.3 Å². The van der Waals surface area contributed by atoms with Crippen LogP contribution in [0.2, 0.25) is 0 Å². The zero-order valence-electron chi connectivity index (χ0n) is 29.1. The average Bonchev–Trinajstić information content (AvgIpc) is 3.54. The third-order valence-electron chi connectivity index (χ3n) is 8.71. The summed E-state index contributed by atoms with van der Waals surface area (Å²) >= 11 is 0. The van der Waals surface area contributed by atoms with Gasteiger partial charge in [0.15, 0.2) is 6.10 Å². The second-order valence-electron chi connectivity index (χ2n) is 12.4. The van der Waals surface area contributed by atoms with Crippen LogP contribution in [0.1, 0.15) is 49.6 Å². The summed E-state index contributed by atoms with van der Waals surface area (Å²) in [6.07, 6.45) is -4.17. The molecule has 1 amide bonds. The number of amides is 1. The van der Waals surface area contributed by atoms with E-state index in [9.17, 15) is 29.4 Å². The first-order valence-corrected chi connectivity index (χ1v) is 16.6. The van der Waals surface area contributed by atoms with E-state index in [1.807, 2.05) is 78.9 Å². The van der Waals surface area contributed by atoms with Gasteiger partial charge in [0, 0.05) is 18.5 Å². The Kier molecular flexibility index (Phi) is 12.1. The largest absolute Gasteiger partial charge is 0.497 e. The van der Waals surface area contributed by atoms with Crippen molar-refractivity contribution in [1.29, 1.82) is 0 Å². The van der Waals surface area contributed by atoms with E-state index in [1.54, 1.807) is 28.1 Å². The maximum Gasteiger partial charge on any atom is 0.351 e. The lowest BCUT2D eigenvalue weighted by atomic mass is 9.80. The number of rotatable bonds is 16. The SMILES string of the molecule is COc1ccc(C(OCC2OC(n3ccc(NC(=O)C(C)C)nc3=O)CC2OC(CC(=O)O)C(=O)O)(c2ccccc2)c2ccc(OC)cc2)cc1. The topological polar surface area (TPSA) is 185 Å². The van der Waals surface area contributed by atoms with Crippen molar-refractivity contribution in [2.45, 2.75) is 56.8 Å². The summed E-state index contributed by atoms with van der Waals surface area (Å²) in [5, 5.41) is 21.9. The highest BCUT2D eigenvalue weighted by atomic mass is 16.6. The first-order chi connectivity index (χ1) is 24.9. The van der Waals surface area contributed by atoms with Gasteiger partial charge in [-0.2, -0.15) is 4.98 Å². The molecule has 1 aliphatic heterocycles. The maximum atomic E-state index is 13.2. The monoisotopic (exact) mass is 715 g/mol. The van der Waals surface area contributed by atoms with Gasteiger partial charge in [-0.25, -0.2) is 9.59 Å². The van der Waals surface area contributed by atoms with Crippen LogP contribution in [0.4, 0.5) is 5.82 Å². The molecule has 1 saturated heterocycles. The van der Waals surface area contributed by atoms with Crippen LogP contribution in [-0.4, -0.2) is 76.7 Å². The number of hydrogen-bond acceptors (Lipinski definition) is 10. The third-order valence-corrected chi connectivity index (χ3v) is 8.71. The molecule has 0 saturated carbocycles. The van der Waals surface area contributed by atoms with Crippen molar-refractivity contribution in [3.63, 3.8) is 0 Å². The number of anilines is 1. The van der Waals surface area contributed by atoms with E-state index < -0.39 is 54.2 Å². The van der Waals surface area contributed by atoms with E-state index in [0.29, 0.717) is 11.5 Å². The minimum Gasteiger partial charge on any atom is -0.497 e. The van der Waals surface area contributed by atoms with Crippen LogP contribution in [-0.2, 0) is 34.2 Å². The summed E-state index contributed by atoms with van der Waals surface area (Å²) in [5.41, 5.74) is 0.206. The van der Waals surface area contributed by atoms with Crippen LogP contribution in [0.3, 0.4) is 0 Å². The van der Waals surface area contributed by atoms with Crippen LogP contribution in [0.15, 0.2) is 95.9 Å². The number of benzene rings is 3. The number of aromatic nitrogens is 2. The number of ether oxygens (including phenoxy) is 5. The fraction of sp³-hybridized carbons (Fsp3) is 0.342. The molecule has 1 fully saturated rings. The first-order valence-electron chi connectivity index (χ1n) is 16.6. The van der Waals surface area contributed by atoms with Crippen molar-refractivity contribution in [1.82, 2.24) is 9.55 Å². The standard InChI is InChI=1S/C38H41N3O11/c1-23(2)35(44)39-32-18-19-41(37(47)40-32)33-20-29(51-30(36(45)46)21-34(42)43)31(52-33)22-50-38(24-8-6-5-7-9-24,25-10-14-27(48-3)15-11-25)26-12-16-28(49-4)17-13-26/h5-19,23,29-31,33H,20-22H2,1-4H3,(H,42,43)(H,45,46)(H,39,40,44,47). The molecule has 4 unspecified atom stereocenters. The molecule has 4 atom stereocenters. The highest BCUT2D eigenvalue weighted by molar-refractivity contribution is 5.91. The Balaban J connectivity index is 1.55. The van der Waals surface area contributed by atoms with Gasteiger partial charge in [0.05, 0.1) is 33.4 Å². The summed E-state index contributed by atoms with van der Waals surface area (Å²) in [4.78, 5) is 53.0. The number of methoxy groups -OCH3 is 2. The normalized spacial score (nSPS) is 17.8. The highest BCUT2D eigenvalue weighted by Crippen LogP contribution is 2.43. The molecule has 2 heterocycles. The zero-order valence-corrected chi connectivity index (χ0v) is 29.1. The van der Waals surface area contributed by atoms with E-state index in [2.05, 4.69) is 10.3 Å². The summed E-state index contributed by atoms with van der Waals surface area (Å²) in [5.74, 6) is -2.17. The van der Waals surface area contributed by atoms with Gasteiger partial charge >= 0.3 is 17.6 Å². The van der Waals surface area contributed by atoms with Crippen molar-refractivity contribution in [3.05, 3.63) is 118 Å². The molecular weight excluding hydrogens is 674 g/mol. The minimum atomic E-state index is -1.71. The quantitative estimate of drug-likeness (QED) is 0.139. The molecular formula is C38H41N3O11. The van der Waals surface area contributed by atoms with Crippen LogP contribution in [0, 0.1) is 5.92 Å². The molecule has 4 aromatic rings. The molecule has 0 bridgehead atoms. The molecule has 14 heteroatoms. The van der Waals surface area contributed by atoms with Gasteiger partial charge in [-0.15, -0.1) is 0 Å². The molecule has 14 nitrogen and oxygen atoms in total. The maximum absolute atomic E-state index is 13.2. The number of hydrogen-bond donors (Lipinski definition) is 3. The summed E-state index contributed by atoms with van der Waals surface area (Å²) in [6, 6.07) is 25.7. The Morgan fingerprint density at radius 3 is 1.98 bits per heavy atom. The van der Waals surface area contributed by atoms with Gasteiger partial charge in [-0.05, 0) is 47.0 Å². The second kappa shape index (κ2) is 16.6. The van der Waals surface area contributed by atoms with Gasteiger partial charge in [-0.3, -0.25) is 14.2 Å². The van der Waals surface area contributed by atoms with E-state index in [4.69, 9.17) is 23.7 Å².